The zero-order valence-electron chi connectivity index (χ0n) is 10.8. The van der Waals surface area contributed by atoms with Crippen LogP contribution >= 0.6 is 27.7 Å². The summed E-state index contributed by atoms with van der Waals surface area (Å²) in [5, 5.41) is 10.0. The Kier molecular flexibility index (Phi) is 4.62. The molecule has 0 saturated carbocycles. The quantitative estimate of drug-likeness (QED) is 0.769. The number of hydrogen-bond acceptors (Lipinski definition) is 3. The molecular formula is C15H13BrN2S. The molecule has 0 radical (unpaired) electrons. The summed E-state index contributed by atoms with van der Waals surface area (Å²) in [4.78, 5) is 4.47. The van der Waals surface area contributed by atoms with Crippen molar-refractivity contribution in [2.75, 3.05) is 0 Å². The van der Waals surface area contributed by atoms with Crippen LogP contribution in [0.2, 0.25) is 0 Å². The summed E-state index contributed by atoms with van der Waals surface area (Å²) in [7, 11) is 0. The molecule has 0 bridgehead atoms. The van der Waals surface area contributed by atoms with Crippen LogP contribution in [-0.2, 0) is 5.75 Å². The zero-order chi connectivity index (χ0) is 13.8. The van der Waals surface area contributed by atoms with Gasteiger partial charge in [0.05, 0.1) is 5.56 Å². The van der Waals surface area contributed by atoms with E-state index in [4.69, 9.17) is 0 Å². The van der Waals surface area contributed by atoms with Crippen molar-refractivity contribution in [1.29, 1.82) is 5.26 Å². The molecule has 2 nitrogen and oxygen atoms in total. The number of aromatic nitrogens is 1. The summed E-state index contributed by atoms with van der Waals surface area (Å²) < 4.78 is 1.07. The number of pyridine rings is 1. The van der Waals surface area contributed by atoms with Gasteiger partial charge in [-0.3, -0.25) is 0 Å². The lowest BCUT2D eigenvalue weighted by Gasteiger charge is -2.07. The first-order valence-corrected chi connectivity index (χ1v) is 7.63. The van der Waals surface area contributed by atoms with E-state index in [1.165, 1.54) is 5.56 Å². The van der Waals surface area contributed by atoms with Crippen molar-refractivity contribution in [2.24, 2.45) is 0 Å². The molecule has 19 heavy (non-hydrogen) atoms. The number of benzene rings is 1. The van der Waals surface area contributed by atoms with Crippen LogP contribution in [0, 0.1) is 25.2 Å². The maximum Gasteiger partial charge on any atom is 0.115 e. The van der Waals surface area contributed by atoms with E-state index in [2.05, 4.69) is 39.1 Å². The fourth-order valence-corrected chi connectivity index (χ4v) is 3.31. The van der Waals surface area contributed by atoms with Crippen molar-refractivity contribution < 1.29 is 0 Å². The summed E-state index contributed by atoms with van der Waals surface area (Å²) in [6, 6.07) is 12.4. The van der Waals surface area contributed by atoms with Crippen molar-refractivity contribution in [1.82, 2.24) is 4.98 Å². The van der Waals surface area contributed by atoms with Crippen LogP contribution in [0.3, 0.4) is 0 Å². The Morgan fingerprint density at radius 2 is 2.11 bits per heavy atom. The fraction of sp³-hybridized carbons (Fsp3) is 0.200. The van der Waals surface area contributed by atoms with Crippen LogP contribution in [0.1, 0.15) is 22.4 Å². The fourth-order valence-electron chi connectivity index (χ4n) is 1.82. The highest BCUT2D eigenvalue weighted by molar-refractivity contribution is 9.10. The highest BCUT2D eigenvalue weighted by Crippen LogP contribution is 2.27. The van der Waals surface area contributed by atoms with E-state index in [1.54, 1.807) is 11.8 Å². The molecule has 0 saturated heterocycles. The van der Waals surface area contributed by atoms with Gasteiger partial charge in [0.1, 0.15) is 11.1 Å². The molecule has 1 aromatic heterocycles. The first-order valence-electron chi connectivity index (χ1n) is 5.85. The molecule has 0 fully saturated rings. The van der Waals surface area contributed by atoms with Gasteiger partial charge in [0.25, 0.3) is 0 Å². The van der Waals surface area contributed by atoms with E-state index in [-0.39, 0.29) is 0 Å². The predicted molar refractivity (Wildman–Crippen MR) is 82.1 cm³/mol. The van der Waals surface area contributed by atoms with Crippen molar-refractivity contribution in [3.05, 3.63) is 57.2 Å². The Morgan fingerprint density at radius 3 is 2.79 bits per heavy atom. The Hall–Kier alpha value is -1.31. The van der Waals surface area contributed by atoms with E-state index >= 15 is 0 Å². The summed E-state index contributed by atoms with van der Waals surface area (Å²) in [5.41, 5.74) is 3.84. The molecule has 0 unspecified atom stereocenters. The molecule has 2 aromatic rings. The molecular weight excluding hydrogens is 320 g/mol. The molecule has 4 heteroatoms. The van der Waals surface area contributed by atoms with Gasteiger partial charge in [-0.05, 0) is 43.2 Å². The summed E-state index contributed by atoms with van der Waals surface area (Å²) in [5.74, 6) is 0.810. The third-order valence-corrected chi connectivity index (χ3v) is 4.23. The summed E-state index contributed by atoms with van der Waals surface area (Å²) in [6.45, 7) is 3.91. The number of halogens is 1. The van der Waals surface area contributed by atoms with Gasteiger partial charge in [-0.15, -0.1) is 11.8 Å². The van der Waals surface area contributed by atoms with E-state index < -0.39 is 0 Å². The van der Waals surface area contributed by atoms with Gasteiger partial charge >= 0.3 is 0 Å². The third-order valence-electron chi connectivity index (χ3n) is 2.69. The predicted octanol–water partition coefficient (Wildman–Crippen LogP) is 4.62. The Labute approximate surface area is 126 Å². The van der Waals surface area contributed by atoms with Crippen LogP contribution in [0.5, 0.6) is 0 Å². The van der Waals surface area contributed by atoms with E-state index in [0.29, 0.717) is 5.56 Å². The van der Waals surface area contributed by atoms with Gasteiger partial charge in [0.2, 0.25) is 0 Å². The second-order valence-electron chi connectivity index (χ2n) is 4.29. The van der Waals surface area contributed by atoms with Gasteiger partial charge in [0, 0.05) is 15.9 Å². The van der Waals surface area contributed by atoms with Crippen LogP contribution in [0.25, 0.3) is 0 Å². The van der Waals surface area contributed by atoms with E-state index in [9.17, 15) is 5.26 Å². The van der Waals surface area contributed by atoms with Crippen molar-refractivity contribution >= 4 is 27.7 Å². The lowest BCUT2D eigenvalue weighted by molar-refractivity contribution is 1.03. The molecule has 0 atom stereocenters. The molecule has 2 rings (SSSR count). The lowest BCUT2D eigenvalue weighted by Crippen LogP contribution is -1.94. The SMILES string of the molecule is Cc1cc(C)c(C#N)c(SCc2cccc(Br)c2)n1. The average molecular weight is 333 g/mol. The molecule has 0 N–H and O–H groups in total. The lowest BCUT2D eigenvalue weighted by atomic mass is 10.1. The average Bonchev–Trinajstić information content (AvgIpc) is 2.36. The van der Waals surface area contributed by atoms with E-state index in [0.717, 1.165) is 26.5 Å². The molecule has 0 aliphatic carbocycles. The molecule has 0 spiro atoms. The maximum atomic E-state index is 9.22. The van der Waals surface area contributed by atoms with Gasteiger partial charge in [-0.1, -0.05) is 28.1 Å². The van der Waals surface area contributed by atoms with Gasteiger partial charge in [-0.25, -0.2) is 4.98 Å². The van der Waals surface area contributed by atoms with Gasteiger partial charge < -0.3 is 0 Å². The molecule has 1 heterocycles. The molecule has 1 aromatic carbocycles. The summed E-state index contributed by atoms with van der Waals surface area (Å²) >= 11 is 5.07. The van der Waals surface area contributed by atoms with Crippen LogP contribution in [0.15, 0.2) is 39.8 Å². The second-order valence-corrected chi connectivity index (χ2v) is 6.17. The number of thioether (sulfide) groups is 1. The zero-order valence-corrected chi connectivity index (χ0v) is 13.2. The summed E-state index contributed by atoms with van der Waals surface area (Å²) in [6.07, 6.45) is 0. The standard InChI is InChI=1S/C15H13BrN2S/c1-10-6-11(2)18-15(14(10)8-17)19-9-12-4-3-5-13(16)7-12/h3-7H,9H2,1-2H3. The maximum absolute atomic E-state index is 9.22. The number of nitriles is 1. The largest absolute Gasteiger partial charge is 0.245 e. The van der Waals surface area contributed by atoms with Crippen LogP contribution in [-0.4, -0.2) is 4.98 Å². The monoisotopic (exact) mass is 332 g/mol. The van der Waals surface area contributed by atoms with E-state index in [1.807, 2.05) is 32.0 Å². The smallest absolute Gasteiger partial charge is 0.115 e. The number of nitrogens with zero attached hydrogens (tertiary/aromatic N) is 2. The van der Waals surface area contributed by atoms with Gasteiger partial charge in [-0.2, -0.15) is 5.26 Å². The Balaban J connectivity index is 2.22. The first kappa shape index (κ1) is 14.1. The third kappa shape index (κ3) is 3.59. The van der Waals surface area contributed by atoms with Crippen LogP contribution in [0.4, 0.5) is 0 Å². The minimum atomic E-state index is 0.686. The topological polar surface area (TPSA) is 36.7 Å². The first-order chi connectivity index (χ1) is 9.10. The highest BCUT2D eigenvalue weighted by Gasteiger charge is 2.09. The molecule has 0 aliphatic heterocycles. The van der Waals surface area contributed by atoms with Crippen molar-refractivity contribution in [3.63, 3.8) is 0 Å². The minimum absolute atomic E-state index is 0.686. The molecule has 96 valence electrons. The number of aryl methyl sites for hydroxylation is 2. The number of rotatable bonds is 3. The molecule has 0 amide bonds. The Bertz CT molecular complexity index is 647. The van der Waals surface area contributed by atoms with Crippen molar-refractivity contribution in [3.8, 4) is 6.07 Å². The van der Waals surface area contributed by atoms with Gasteiger partial charge in [0.15, 0.2) is 0 Å². The van der Waals surface area contributed by atoms with Crippen molar-refractivity contribution in [2.45, 2.75) is 24.6 Å². The Morgan fingerprint density at radius 1 is 1.32 bits per heavy atom. The molecule has 0 aliphatic rings. The number of hydrogen-bond donors (Lipinski definition) is 0. The normalized spacial score (nSPS) is 10.2. The van der Waals surface area contributed by atoms with Crippen LogP contribution < -0.4 is 0 Å². The minimum Gasteiger partial charge on any atom is -0.245 e. The highest BCUT2D eigenvalue weighted by atomic mass is 79.9. The second kappa shape index (κ2) is 6.23.